The summed E-state index contributed by atoms with van der Waals surface area (Å²) in [5.74, 6) is 0.241. The van der Waals surface area contributed by atoms with E-state index in [9.17, 15) is 14.0 Å². The molecule has 2 N–H and O–H groups in total. The number of amides is 2. The molecule has 0 bridgehead atoms. The Bertz CT molecular complexity index is 1020. The van der Waals surface area contributed by atoms with Crippen molar-refractivity contribution in [1.82, 2.24) is 14.9 Å². The van der Waals surface area contributed by atoms with Crippen molar-refractivity contribution in [2.75, 3.05) is 31.1 Å². The minimum atomic E-state index is -0.809. The van der Waals surface area contributed by atoms with Crippen molar-refractivity contribution in [2.24, 2.45) is 11.1 Å². The highest BCUT2D eigenvalue weighted by Gasteiger charge is 2.37. The van der Waals surface area contributed by atoms with Gasteiger partial charge in [-0.25, -0.2) is 19.2 Å². The molecule has 1 aromatic heterocycles. The number of aromatic nitrogens is 2. The number of hydrogen-bond donors (Lipinski definition) is 1. The molecule has 0 radical (unpaired) electrons. The molecule has 0 unspecified atom stereocenters. The predicted octanol–water partition coefficient (Wildman–Crippen LogP) is 3.59. The van der Waals surface area contributed by atoms with E-state index in [2.05, 4.69) is 9.97 Å². The van der Waals surface area contributed by atoms with Gasteiger partial charge < -0.3 is 25.0 Å². The average Bonchev–Trinajstić information content (AvgIpc) is 3.16. The third-order valence-electron chi connectivity index (χ3n) is 5.70. The first-order chi connectivity index (χ1) is 15.6. The number of hydrogen-bond acceptors (Lipinski definition) is 7. The van der Waals surface area contributed by atoms with E-state index < -0.39 is 11.9 Å². The molecule has 1 fully saturated rings. The van der Waals surface area contributed by atoms with Crippen LogP contribution in [0.2, 0.25) is 0 Å². The zero-order valence-electron chi connectivity index (χ0n) is 19.4. The van der Waals surface area contributed by atoms with E-state index in [0.717, 1.165) is 6.42 Å². The van der Waals surface area contributed by atoms with Crippen molar-refractivity contribution in [3.8, 4) is 11.5 Å². The van der Waals surface area contributed by atoms with Crippen LogP contribution >= 0.6 is 0 Å². The molecule has 9 nitrogen and oxygen atoms in total. The molecular formula is C23H30FN5O4. The molecule has 33 heavy (non-hydrogen) atoms. The number of nitrogens with two attached hydrogens (primary N) is 1. The molecule has 178 valence electrons. The Morgan fingerprint density at radius 2 is 2.09 bits per heavy atom. The summed E-state index contributed by atoms with van der Waals surface area (Å²) in [5.41, 5.74) is 4.94. The van der Waals surface area contributed by atoms with Gasteiger partial charge in [0.25, 0.3) is 5.91 Å². The Balaban J connectivity index is 1.88. The lowest BCUT2D eigenvalue weighted by Crippen LogP contribution is -2.36. The highest BCUT2D eigenvalue weighted by molar-refractivity contribution is 5.97. The molecule has 2 heterocycles. The minimum Gasteiger partial charge on any atom is -0.451 e. The standard InChI is InChI=1S/C23H30FN5O4/c1-5-29(15(2)3)21(30)17-10-16(24)6-7-18(17)33-19-11-26-14-27-20(19)28-9-8-23(4,12-28)13-32-22(25)31/h6-7,10-11,14-15H,5,8-9,12-13H2,1-4H3,(H2,25,31)/t23-/m1/s1. The molecule has 1 saturated heterocycles. The normalized spacial score (nSPS) is 17.8. The van der Waals surface area contributed by atoms with E-state index in [1.165, 1.54) is 30.7 Å². The van der Waals surface area contributed by atoms with Crippen molar-refractivity contribution in [2.45, 2.75) is 40.2 Å². The molecule has 2 aromatic rings. The molecule has 1 aliphatic heterocycles. The number of ether oxygens (including phenoxy) is 2. The topological polar surface area (TPSA) is 111 Å². The molecule has 1 aliphatic rings. The summed E-state index contributed by atoms with van der Waals surface area (Å²) in [6, 6.07) is 3.80. The Morgan fingerprint density at radius 1 is 1.33 bits per heavy atom. The summed E-state index contributed by atoms with van der Waals surface area (Å²) in [4.78, 5) is 36.2. The molecule has 0 spiro atoms. The van der Waals surface area contributed by atoms with E-state index in [4.69, 9.17) is 15.2 Å². The smallest absolute Gasteiger partial charge is 0.404 e. The summed E-state index contributed by atoms with van der Waals surface area (Å²) >= 11 is 0. The first-order valence-corrected chi connectivity index (χ1v) is 10.9. The van der Waals surface area contributed by atoms with Crippen LogP contribution in [0.4, 0.5) is 15.0 Å². The van der Waals surface area contributed by atoms with Crippen molar-refractivity contribution >= 4 is 17.8 Å². The third-order valence-corrected chi connectivity index (χ3v) is 5.70. The van der Waals surface area contributed by atoms with Gasteiger partial charge in [-0.2, -0.15) is 0 Å². The number of rotatable bonds is 8. The van der Waals surface area contributed by atoms with Gasteiger partial charge in [0.1, 0.15) is 24.5 Å². The highest BCUT2D eigenvalue weighted by atomic mass is 19.1. The van der Waals surface area contributed by atoms with Gasteiger partial charge in [-0.3, -0.25) is 4.79 Å². The van der Waals surface area contributed by atoms with Crippen LogP contribution in [0.3, 0.4) is 0 Å². The maximum absolute atomic E-state index is 14.1. The van der Waals surface area contributed by atoms with Crippen LogP contribution in [-0.2, 0) is 4.74 Å². The number of benzene rings is 1. The zero-order valence-corrected chi connectivity index (χ0v) is 19.4. The van der Waals surface area contributed by atoms with Crippen molar-refractivity contribution in [3.63, 3.8) is 0 Å². The first kappa shape index (κ1) is 24.2. The molecule has 1 atom stereocenters. The lowest BCUT2D eigenvalue weighted by molar-refractivity contribution is 0.0713. The third kappa shape index (κ3) is 5.68. The number of anilines is 1. The van der Waals surface area contributed by atoms with Crippen LogP contribution in [-0.4, -0.2) is 59.2 Å². The van der Waals surface area contributed by atoms with Gasteiger partial charge in [0.2, 0.25) is 0 Å². The van der Waals surface area contributed by atoms with Gasteiger partial charge >= 0.3 is 6.09 Å². The average molecular weight is 460 g/mol. The molecule has 2 amide bonds. The van der Waals surface area contributed by atoms with Crippen molar-refractivity contribution in [1.29, 1.82) is 0 Å². The van der Waals surface area contributed by atoms with E-state index in [0.29, 0.717) is 31.2 Å². The lowest BCUT2D eigenvalue weighted by atomic mass is 9.91. The molecule has 1 aromatic carbocycles. The van der Waals surface area contributed by atoms with Crippen LogP contribution in [0.15, 0.2) is 30.7 Å². The van der Waals surface area contributed by atoms with Crippen molar-refractivity contribution < 1.29 is 23.5 Å². The van der Waals surface area contributed by atoms with Gasteiger partial charge in [0, 0.05) is 31.1 Å². The predicted molar refractivity (Wildman–Crippen MR) is 121 cm³/mol. The van der Waals surface area contributed by atoms with Crippen molar-refractivity contribution in [3.05, 3.63) is 42.1 Å². The fraction of sp³-hybridized carbons (Fsp3) is 0.478. The first-order valence-electron chi connectivity index (χ1n) is 10.9. The fourth-order valence-electron chi connectivity index (χ4n) is 3.96. The second-order valence-electron chi connectivity index (χ2n) is 8.73. The summed E-state index contributed by atoms with van der Waals surface area (Å²) in [7, 11) is 0. The van der Waals surface area contributed by atoms with Crippen LogP contribution in [0.1, 0.15) is 44.5 Å². The molecule has 0 aliphatic carbocycles. The monoisotopic (exact) mass is 459 g/mol. The minimum absolute atomic E-state index is 0.0564. The Labute approximate surface area is 192 Å². The van der Waals surface area contributed by atoms with Crippen LogP contribution in [0.5, 0.6) is 11.5 Å². The summed E-state index contributed by atoms with van der Waals surface area (Å²) in [6.07, 6.45) is 2.86. The summed E-state index contributed by atoms with van der Waals surface area (Å²) in [5, 5.41) is 0. The van der Waals surface area contributed by atoms with Gasteiger partial charge in [0.15, 0.2) is 11.6 Å². The van der Waals surface area contributed by atoms with Crippen LogP contribution in [0.25, 0.3) is 0 Å². The van der Waals surface area contributed by atoms with Gasteiger partial charge in [-0.15, -0.1) is 0 Å². The van der Waals surface area contributed by atoms with Crippen LogP contribution < -0.4 is 15.4 Å². The van der Waals surface area contributed by atoms with E-state index in [1.807, 2.05) is 32.6 Å². The number of carbonyl (C=O) groups is 2. The van der Waals surface area contributed by atoms with E-state index >= 15 is 0 Å². The maximum atomic E-state index is 14.1. The van der Waals surface area contributed by atoms with Crippen LogP contribution in [0, 0.1) is 11.2 Å². The fourth-order valence-corrected chi connectivity index (χ4v) is 3.96. The lowest BCUT2D eigenvalue weighted by Gasteiger charge is -2.27. The molecule has 3 rings (SSSR count). The maximum Gasteiger partial charge on any atom is 0.404 e. The number of nitrogens with zero attached hydrogens (tertiary/aromatic N) is 4. The van der Waals surface area contributed by atoms with E-state index in [1.54, 1.807) is 4.90 Å². The summed E-state index contributed by atoms with van der Waals surface area (Å²) < 4.78 is 25.1. The quantitative estimate of drug-likeness (QED) is 0.642. The van der Waals surface area contributed by atoms with E-state index in [-0.39, 0.29) is 35.3 Å². The zero-order chi connectivity index (χ0) is 24.2. The number of carbonyl (C=O) groups excluding carboxylic acids is 2. The SMILES string of the molecule is CCN(C(=O)c1cc(F)ccc1Oc1cncnc1N1CC[C@@](C)(COC(N)=O)C1)C(C)C. The van der Waals surface area contributed by atoms with Gasteiger partial charge in [0.05, 0.1) is 11.8 Å². The number of primary amides is 1. The second kappa shape index (κ2) is 10.0. The molecular weight excluding hydrogens is 429 g/mol. The molecule has 10 heteroatoms. The van der Waals surface area contributed by atoms with Gasteiger partial charge in [-0.05, 0) is 45.4 Å². The summed E-state index contributed by atoms with van der Waals surface area (Å²) in [6.45, 7) is 9.54. The highest BCUT2D eigenvalue weighted by Crippen LogP contribution is 2.38. The number of halogens is 1. The second-order valence-corrected chi connectivity index (χ2v) is 8.73. The van der Waals surface area contributed by atoms with Gasteiger partial charge in [-0.1, -0.05) is 6.92 Å². The largest absolute Gasteiger partial charge is 0.451 e. The Hall–Kier alpha value is -3.43. The molecule has 0 saturated carbocycles. The Kier molecular flexibility index (Phi) is 7.35. The Morgan fingerprint density at radius 3 is 2.76 bits per heavy atom.